The molecule has 0 spiro atoms. The number of aliphatic hydroxyl groups excluding tert-OH is 1. The SMILES string of the molecule is O=c1[nH]c(=O)n(CCO)cc1-c1noc(C2CCN(CC(F)F)CC2)n1. The first kappa shape index (κ1) is 18.4. The first-order valence-electron chi connectivity index (χ1n) is 8.27. The summed E-state index contributed by atoms with van der Waals surface area (Å²) in [5, 5.41) is 12.8. The van der Waals surface area contributed by atoms with Crippen molar-refractivity contribution in [1.29, 1.82) is 0 Å². The number of aliphatic hydroxyl groups is 1. The molecule has 3 rings (SSSR count). The molecule has 0 aliphatic carbocycles. The molecule has 1 aliphatic rings. The molecule has 2 aromatic heterocycles. The molecule has 9 nitrogen and oxygen atoms in total. The molecule has 1 saturated heterocycles. The number of piperidine rings is 1. The van der Waals surface area contributed by atoms with Gasteiger partial charge in [0.1, 0.15) is 5.56 Å². The lowest BCUT2D eigenvalue weighted by Crippen LogP contribution is -2.36. The van der Waals surface area contributed by atoms with E-state index in [1.54, 1.807) is 4.90 Å². The van der Waals surface area contributed by atoms with Gasteiger partial charge in [0.05, 0.1) is 19.7 Å². The van der Waals surface area contributed by atoms with E-state index in [2.05, 4.69) is 15.1 Å². The van der Waals surface area contributed by atoms with Crippen molar-refractivity contribution in [3.8, 4) is 11.4 Å². The highest BCUT2D eigenvalue weighted by atomic mass is 19.3. The molecule has 0 radical (unpaired) electrons. The maximum atomic E-state index is 12.4. The minimum absolute atomic E-state index is 0.0237. The maximum absolute atomic E-state index is 12.4. The van der Waals surface area contributed by atoms with Gasteiger partial charge in [-0.05, 0) is 25.9 Å². The molecule has 3 heterocycles. The van der Waals surface area contributed by atoms with Crippen LogP contribution in [0.4, 0.5) is 8.78 Å². The van der Waals surface area contributed by atoms with E-state index >= 15 is 0 Å². The molecule has 2 N–H and O–H groups in total. The first-order chi connectivity index (χ1) is 12.5. The Hall–Kier alpha value is -2.40. The lowest BCUT2D eigenvalue weighted by atomic mass is 9.97. The summed E-state index contributed by atoms with van der Waals surface area (Å²) in [7, 11) is 0. The predicted octanol–water partition coefficient (Wildman–Crippen LogP) is 0.0234. The maximum Gasteiger partial charge on any atom is 0.328 e. The number of aromatic amines is 1. The largest absolute Gasteiger partial charge is 0.395 e. The third-order valence-electron chi connectivity index (χ3n) is 4.37. The number of alkyl halides is 2. The quantitative estimate of drug-likeness (QED) is 0.735. The number of hydrogen-bond acceptors (Lipinski definition) is 7. The van der Waals surface area contributed by atoms with Crippen LogP contribution in [0.25, 0.3) is 11.4 Å². The molecule has 0 bridgehead atoms. The molecule has 0 unspecified atom stereocenters. The molecule has 142 valence electrons. The average Bonchev–Trinajstić information content (AvgIpc) is 3.07. The van der Waals surface area contributed by atoms with Gasteiger partial charge < -0.3 is 9.63 Å². The first-order valence-corrected chi connectivity index (χ1v) is 8.27. The van der Waals surface area contributed by atoms with Crippen molar-refractivity contribution in [2.45, 2.75) is 31.7 Å². The Balaban J connectivity index is 1.76. The minimum atomic E-state index is -2.36. The van der Waals surface area contributed by atoms with E-state index < -0.39 is 17.7 Å². The molecule has 1 fully saturated rings. The smallest absolute Gasteiger partial charge is 0.328 e. The van der Waals surface area contributed by atoms with E-state index in [1.807, 2.05) is 0 Å². The lowest BCUT2D eigenvalue weighted by molar-refractivity contribution is 0.0731. The molecule has 0 aromatic carbocycles. The number of nitrogens with zero attached hydrogens (tertiary/aromatic N) is 4. The number of likely N-dealkylation sites (tertiary alicyclic amines) is 1. The fourth-order valence-electron chi connectivity index (χ4n) is 3.01. The van der Waals surface area contributed by atoms with Gasteiger partial charge in [0, 0.05) is 12.1 Å². The number of aromatic nitrogens is 4. The minimum Gasteiger partial charge on any atom is -0.395 e. The van der Waals surface area contributed by atoms with E-state index in [0.29, 0.717) is 31.8 Å². The summed E-state index contributed by atoms with van der Waals surface area (Å²) in [4.78, 5) is 31.7. The number of nitrogens with one attached hydrogen (secondary N) is 1. The zero-order valence-corrected chi connectivity index (χ0v) is 13.9. The highest BCUT2D eigenvalue weighted by Crippen LogP contribution is 2.28. The second-order valence-electron chi connectivity index (χ2n) is 6.14. The Bertz CT molecular complexity index is 854. The molecular formula is C15H19F2N5O4. The Morgan fingerprint density at radius 2 is 2.08 bits per heavy atom. The molecule has 0 saturated carbocycles. The summed E-state index contributed by atoms with van der Waals surface area (Å²) in [6.07, 6.45) is 0.128. The van der Waals surface area contributed by atoms with Crippen molar-refractivity contribution in [2.24, 2.45) is 0 Å². The predicted molar refractivity (Wildman–Crippen MR) is 86.1 cm³/mol. The van der Waals surface area contributed by atoms with Crippen LogP contribution in [0.3, 0.4) is 0 Å². The lowest BCUT2D eigenvalue weighted by Gasteiger charge is -2.29. The van der Waals surface area contributed by atoms with Crippen molar-refractivity contribution in [1.82, 2.24) is 24.6 Å². The van der Waals surface area contributed by atoms with Gasteiger partial charge in [-0.3, -0.25) is 19.2 Å². The number of rotatable bonds is 6. The zero-order valence-electron chi connectivity index (χ0n) is 13.9. The van der Waals surface area contributed by atoms with Crippen LogP contribution in [0.1, 0.15) is 24.7 Å². The Kier molecular flexibility index (Phi) is 5.57. The van der Waals surface area contributed by atoms with Crippen molar-refractivity contribution in [2.75, 3.05) is 26.2 Å². The summed E-state index contributed by atoms with van der Waals surface area (Å²) in [6.45, 7) is 0.531. The molecular weight excluding hydrogens is 352 g/mol. The zero-order chi connectivity index (χ0) is 18.7. The van der Waals surface area contributed by atoms with Crippen molar-refractivity contribution < 1.29 is 18.4 Å². The van der Waals surface area contributed by atoms with Crippen LogP contribution in [0.15, 0.2) is 20.3 Å². The van der Waals surface area contributed by atoms with Gasteiger partial charge in [0.2, 0.25) is 11.7 Å². The van der Waals surface area contributed by atoms with Crippen LogP contribution >= 0.6 is 0 Å². The van der Waals surface area contributed by atoms with Gasteiger partial charge in [0.25, 0.3) is 12.0 Å². The van der Waals surface area contributed by atoms with Crippen LogP contribution in [-0.2, 0) is 6.54 Å². The van der Waals surface area contributed by atoms with Crippen molar-refractivity contribution in [3.63, 3.8) is 0 Å². The van der Waals surface area contributed by atoms with Gasteiger partial charge in [0.15, 0.2) is 0 Å². The van der Waals surface area contributed by atoms with Crippen LogP contribution in [-0.4, -0.2) is 62.4 Å². The number of hydrogen-bond donors (Lipinski definition) is 2. The van der Waals surface area contributed by atoms with Gasteiger partial charge in [-0.15, -0.1) is 0 Å². The van der Waals surface area contributed by atoms with Gasteiger partial charge >= 0.3 is 5.69 Å². The fraction of sp³-hybridized carbons (Fsp3) is 0.600. The van der Waals surface area contributed by atoms with E-state index in [4.69, 9.17) is 9.63 Å². The van der Waals surface area contributed by atoms with Crippen LogP contribution in [0.2, 0.25) is 0 Å². The second-order valence-corrected chi connectivity index (χ2v) is 6.14. The standard InChI is InChI=1S/C15H19F2N5O4/c16-11(17)8-21-3-1-9(2-4-21)14-18-12(20-26-14)10-7-22(5-6-23)15(25)19-13(10)24/h7,9,11,23H,1-6,8H2,(H,19,24,25). The third-order valence-corrected chi connectivity index (χ3v) is 4.37. The van der Waals surface area contributed by atoms with E-state index in [0.717, 1.165) is 4.57 Å². The van der Waals surface area contributed by atoms with Crippen LogP contribution in [0.5, 0.6) is 0 Å². The summed E-state index contributed by atoms with van der Waals surface area (Å²) < 4.78 is 31.2. The molecule has 2 aromatic rings. The topological polar surface area (TPSA) is 117 Å². The van der Waals surface area contributed by atoms with E-state index in [9.17, 15) is 18.4 Å². The van der Waals surface area contributed by atoms with Crippen molar-refractivity contribution in [3.05, 3.63) is 32.9 Å². The Morgan fingerprint density at radius 3 is 2.73 bits per heavy atom. The molecule has 0 amide bonds. The summed E-state index contributed by atoms with van der Waals surface area (Å²) in [6, 6.07) is 0. The molecule has 11 heteroatoms. The highest BCUT2D eigenvalue weighted by Gasteiger charge is 2.27. The second kappa shape index (κ2) is 7.87. The summed E-state index contributed by atoms with van der Waals surface area (Å²) >= 11 is 0. The Morgan fingerprint density at radius 1 is 1.35 bits per heavy atom. The van der Waals surface area contributed by atoms with E-state index in [-0.39, 0.29) is 37.0 Å². The molecule has 26 heavy (non-hydrogen) atoms. The fourth-order valence-corrected chi connectivity index (χ4v) is 3.01. The number of H-pyrrole nitrogens is 1. The van der Waals surface area contributed by atoms with Crippen LogP contribution in [0, 0.1) is 0 Å². The molecule has 1 aliphatic heterocycles. The van der Waals surface area contributed by atoms with Crippen LogP contribution < -0.4 is 11.2 Å². The third kappa shape index (κ3) is 4.05. The normalized spacial score (nSPS) is 16.5. The summed E-state index contributed by atoms with van der Waals surface area (Å²) in [5.74, 6) is 0.326. The van der Waals surface area contributed by atoms with Gasteiger partial charge in [-0.25, -0.2) is 13.6 Å². The highest BCUT2D eigenvalue weighted by molar-refractivity contribution is 5.50. The van der Waals surface area contributed by atoms with Gasteiger partial charge in [-0.2, -0.15) is 4.98 Å². The van der Waals surface area contributed by atoms with Crippen molar-refractivity contribution >= 4 is 0 Å². The average molecular weight is 371 g/mol. The molecule has 0 atom stereocenters. The number of halogens is 2. The Labute approximate surface area is 146 Å². The monoisotopic (exact) mass is 371 g/mol. The summed E-state index contributed by atoms with van der Waals surface area (Å²) in [5.41, 5.74) is -1.23. The van der Waals surface area contributed by atoms with E-state index in [1.165, 1.54) is 6.20 Å². The van der Waals surface area contributed by atoms with Gasteiger partial charge in [-0.1, -0.05) is 5.16 Å².